The molecule has 3 heteroatoms. The fourth-order valence-electron chi connectivity index (χ4n) is 2.45. The van der Waals surface area contributed by atoms with Crippen LogP contribution in [0.15, 0.2) is 0 Å². The van der Waals surface area contributed by atoms with Crippen LogP contribution in [0.5, 0.6) is 0 Å². The van der Waals surface area contributed by atoms with Gasteiger partial charge in [0.05, 0.1) is 6.10 Å². The number of hydrogen-bond acceptors (Lipinski definition) is 3. The molecule has 0 amide bonds. The number of fused-ring (bicyclic) bond motifs is 1. The summed E-state index contributed by atoms with van der Waals surface area (Å²) >= 11 is 0. The second kappa shape index (κ2) is 3.19. The molecule has 0 N–H and O–H groups in total. The summed E-state index contributed by atoms with van der Waals surface area (Å²) in [6, 6.07) is 0. The maximum absolute atomic E-state index is 5.85. The molecule has 0 saturated carbocycles. The van der Waals surface area contributed by atoms with Gasteiger partial charge >= 0.3 is 0 Å². The van der Waals surface area contributed by atoms with Crippen molar-refractivity contribution in [2.24, 2.45) is 11.8 Å². The lowest BCUT2D eigenvalue weighted by atomic mass is 9.93. The summed E-state index contributed by atoms with van der Waals surface area (Å²) in [4.78, 5) is 0. The normalized spacial score (nSPS) is 45.9. The molecular weight excluding hydrogens is 180 g/mol. The second-order valence-electron chi connectivity index (χ2n) is 5.17. The summed E-state index contributed by atoms with van der Waals surface area (Å²) in [6.45, 7) is 10.4. The molecule has 14 heavy (non-hydrogen) atoms. The Kier molecular flexibility index (Phi) is 2.37. The van der Waals surface area contributed by atoms with Crippen LogP contribution in [-0.2, 0) is 14.2 Å². The molecule has 82 valence electrons. The Bertz CT molecular complexity index is 223. The summed E-state index contributed by atoms with van der Waals surface area (Å²) in [5.74, 6) is 0.457. The lowest BCUT2D eigenvalue weighted by Gasteiger charge is -2.25. The molecule has 0 radical (unpaired) electrons. The van der Waals surface area contributed by atoms with Crippen molar-refractivity contribution in [3.63, 3.8) is 0 Å². The molecule has 2 saturated heterocycles. The third-order valence-corrected chi connectivity index (χ3v) is 3.07. The van der Waals surface area contributed by atoms with E-state index in [1.165, 1.54) is 0 Å². The van der Waals surface area contributed by atoms with Crippen LogP contribution in [0.3, 0.4) is 0 Å². The zero-order valence-electron chi connectivity index (χ0n) is 9.61. The highest BCUT2D eigenvalue weighted by Crippen LogP contribution is 2.42. The van der Waals surface area contributed by atoms with E-state index in [-0.39, 0.29) is 18.5 Å². The lowest BCUT2D eigenvalue weighted by Crippen LogP contribution is -2.30. The van der Waals surface area contributed by atoms with E-state index in [2.05, 4.69) is 20.8 Å². The second-order valence-corrected chi connectivity index (χ2v) is 5.17. The van der Waals surface area contributed by atoms with Gasteiger partial charge in [0.25, 0.3) is 0 Å². The Morgan fingerprint density at radius 2 is 1.79 bits per heavy atom. The Morgan fingerprint density at radius 1 is 1.14 bits per heavy atom. The molecule has 2 fully saturated rings. The molecule has 3 nitrogen and oxygen atoms in total. The molecule has 0 bridgehead atoms. The molecule has 0 aromatic heterocycles. The minimum atomic E-state index is -0.481. The van der Waals surface area contributed by atoms with Crippen LogP contribution in [-0.4, -0.2) is 24.3 Å². The predicted octanol–water partition coefficient (Wildman–Crippen LogP) is 2.15. The van der Waals surface area contributed by atoms with Gasteiger partial charge in [0.15, 0.2) is 12.1 Å². The molecule has 4 unspecified atom stereocenters. The Morgan fingerprint density at radius 3 is 2.29 bits per heavy atom. The number of hydrogen-bond donors (Lipinski definition) is 0. The molecule has 4 atom stereocenters. The highest BCUT2D eigenvalue weighted by Gasteiger charge is 2.53. The molecule has 2 aliphatic rings. The molecule has 0 aromatic carbocycles. The SMILES string of the molecule is CC(C)C1OC2OC(C)(C)OC2C1C. The van der Waals surface area contributed by atoms with E-state index in [0.29, 0.717) is 11.8 Å². The largest absolute Gasteiger partial charge is 0.346 e. The minimum absolute atomic E-state index is 0.109. The van der Waals surface area contributed by atoms with E-state index in [0.717, 1.165) is 0 Å². The van der Waals surface area contributed by atoms with Crippen LogP contribution >= 0.6 is 0 Å². The maximum Gasteiger partial charge on any atom is 0.187 e. The first-order chi connectivity index (χ1) is 6.41. The maximum atomic E-state index is 5.85. The molecule has 0 spiro atoms. The third kappa shape index (κ3) is 1.58. The smallest absolute Gasteiger partial charge is 0.187 e. The van der Waals surface area contributed by atoms with Gasteiger partial charge in [-0.1, -0.05) is 20.8 Å². The van der Waals surface area contributed by atoms with Crippen molar-refractivity contribution >= 4 is 0 Å². The van der Waals surface area contributed by atoms with Gasteiger partial charge in [-0.3, -0.25) is 0 Å². The van der Waals surface area contributed by atoms with E-state index in [1.54, 1.807) is 0 Å². The van der Waals surface area contributed by atoms with Gasteiger partial charge in [-0.05, 0) is 19.8 Å². The standard InChI is InChI=1S/C11H20O3/c1-6(2)8-7(3)9-10(12-8)14-11(4,5)13-9/h6-10H,1-5H3. The summed E-state index contributed by atoms with van der Waals surface area (Å²) in [5.41, 5.74) is 0. The molecule has 2 aliphatic heterocycles. The van der Waals surface area contributed by atoms with Gasteiger partial charge in [-0.15, -0.1) is 0 Å². The fraction of sp³-hybridized carbons (Fsp3) is 1.00. The first-order valence-corrected chi connectivity index (χ1v) is 5.42. The Hall–Kier alpha value is -0.120. The highest BCUT2D eigenvalue weighted by molar-refractivity contribution is 4.91. The van der Waals surface area contributed by atoms with Gasteiger partial charge in [0, 0.05) is 5.92 Å². The van der Waals surface area contributed by atoms with Crippen molar-refractivity contribution in [1.82, 2.24) is 0 Å². The van der Waals surface area contributed by atoms with Crippen molar-refractivity contribution in [2.45, 2.75) is 58.9 Å². The van der Waals surface area contributed by atoms with Crippen molar-refractivity contribution in [2.75, 3.05) is 0 Å². The van der Waals surface area contributed by atoms with Crippen molar-refractivity contribution in [1.29, 1.82) is 0 Å². The van der Waals surface area contributed by atoms with Crippen molar-refractivity contribution < 1.29 is 14.2 Å². The van der Waals surface area contributed by atoms with E-state index in [9.17, 15) is 0 Å². The summed E-state index contributed by atoms with van der Waals surface area (Å²) in [6.07, 6.45) is 0.214. The average Bonchev–Trinajstić information content (AvgIpc) is 2.46. The van der Waals surface area contributed by atoms with E-state index >= 15 is 0 Å². The minimum Gasteiger partial charge on any atom is -0.346 e. The van der Waals surface area contributed by atoms with Crippen LogP contribution in [0.25, 0.3) is 0 Å². The highest BCUT2D eigenvalue weighted by atomic mass is 16.8. The van der Waals surface area contributed by atoms with Gasteiger partial charge in [-0.2, -0.15) is 0 Å². The van der Waals surface area contributed by atoms with E-state index in [4.69, 9.17) is 14.2 Å². The van der Waals surface area contributed by atoms with Crippen LogP contribution < -0.4 is 0 Å². The quantitative estimate of drug-likeness (QED) is 0.649. The average molecular weight is 200 g/mol. The Labute approximate surface area is 85.7 Å². The molecule has 0 aliphatic carbocycles. The zero-order chi connectivity index (χ0) is 10.5. The lowest BCUT2D eigenvalue weighted by molar-refractivity contribution is -0.213. The molecule has 2 heterocycles. The van der Waals surface area contributed by atoms with Crippen molar-refractivity contribution in [3.05, 3.63) is 0 Å². The number of rotatable bonds is 1. The summed E-state index contributed by atoms with van der Waals surface area (Å²) in [5, 5.41) is 0. The predicted molar refractivity (Wildman–Crippen MR) is 52.7 cm³/mol. The Balaban J connectivity index is 2.08. The van der Waals surface area contributed by atoms with Crippen LogP contribution in [0.4, 0.5) is 0 Å². The topological polar surface area (TPSA) is 27.7 Å². The van der Waals surface area contributed by atoms with Crippen LogP contribution in [0.1, 0.15) is 34.6 Å². The zero-order valence-corrected chi connectivity index (χ0v) is 9.61. The van der Waals surface area contributed by atoms with Crippen LogP contribution in [0.2, 0.25) is 0 Å². The first-order valence-electron chi connectivity index (χ1n) is 5.42. The van der Waals surface area contributed by atoms with E-state index < -0.39 is 5.79 Å². The fourth-order valence-corrected chi connectivity index (χ4v) is 2.45. The van der Waals surface area contributed by atoms with Gasteiger partial charge in [0.2, 0.25) is 0 Å². The number of ether oxygens (including phenoxy) is 3. The monoisotopic (exact) mass is 200 g/mol. The molecule has 2 rings (SSSR count). The summed E-state index contributed by atoms with van der Waals surface area (Å²) < 4.78 is 17.3. The van der Waals surface area contributed by atoms with Crippen LogP contribution in [0, 0.1) is 11.8 Å². The third-order valence-electron chi connectivity index (χ3n) is 3.07. The summed E-state index contributed by atoms with van der Waals surface area (Å²) in [7, 11) is 0. The first kappa shape index (κ1) is 10.4. The van der Waals surface area contributed by atoms with E-state index in [1.807, 2.05) is 13.8 Å². The van der Waals surface area contributed by atoms with Gasteiger partial charge < -0.3 is 14.2 Å². The van der Waals surface area contributed by atoms with Crippen molar-refractivity contribution in [3.8, 4) is 0 Å². The molecular formula is C11H20O3. The van der Waals surface area contributed by atoms with Gasteiger partial charge in [-0.25, -0.2) is 0 Å². The molecule has 0 aromatic rings. The van der Waals surface area contributed by atoms with Gasteiger partial charge in [0.1, 0.15) is 6.10 Å².